The molecule has 7 nitrogen and oxygen atoms in total. The van der Waals surface area contributed by atoms with Gasteiger partial charge in [0.25, 0.3) is 0 Å². The zero-order valence-corrected chi connectivity index (χ0v) is 22.6. The summed E-state index contributed by atoms with van der Waals surface area (Å²) in [4.78, 5) is 25.5. The van der Waals surface area contributed by atoms with Gasteiger partial charge in [0.1, 0.15) is 0 Å². The van der Waals surface area contributed by atoms with E-state index in [-0.39, 0.29) is 11.9 Å². The van der Waals surface area contributed by atoms with Crippen LogP contribution >= 0.6 is 0 Å². The molecule has 2 unspecified atom stereocenters. The Morgan fingerprint density at radius 2 is 1.03 bits per heavy atom. The van der Waals surface area contributed by atoms with E-state index in [2.05, 4.69) is 27.7 Å². The van der Waals surface area contributed by atoms with Gasteiger partial charge in [0.05, 0.1) is 25.4 Å². The molecule has 0 aromatic heterocycles. The van der Waals surface area contributed by atoms with Gasteiger partial charge in [-0.05, 0) is 44.6 Å². The number of aliphatic hydroxyl groups is 2. The summed E-state index contributed by atoms with van der Waals surface area (Å²) < 4.78 is 10.6. The molecule has 34 heavy (non-hydrogen) atoms. The molecule has 0 radical (unpaired) electrons. The topological polar surface area (TPSA) is 96.3 Å². The lowest BCUT2D eigenvalue weighted by Crippen LogP contribution is -2.35. The normalized spacial score (nSPS) is 13.5. The van der Waals surface area contributed by atoms with Crippen LogP contribution in [0.4, 0.5) is 0 Å². The molecule has 202 valence electrons. The van der Waals surface area contributed by atoms with Crippen molar-refractivity contribution in [2.45, 2.75) is 117 Å². The minimum absolute atomic E-state index is 0.152. The van der Waals surface area contributed by atoms with Gasteiger partial charge in [-0.15, -0.1) is 0 Å². The monoisotopic (exact) mass is 487 g/mol. The first-order valence-corrected chi connectivity index (χ1v) is 13.6. The minimum Gasteiger partial charge on any atom is -0.465 e. The van der Waals surface area contributed by atoms with Gasteiger partial charge < -0.3 is 24.6 Å². The van der Waals surface area contributed by atoms with Crippen LogP contribution in [-0.4, -0.2) is 72.6 Å². The first-order chi connectivity index (χ1) is 16.2. The van der Waals surface area contributed by atoms with Crippen molar-refractivity contribution in [3.63, 3.8) is 0 Å². The van der Waals surface area contributed by atoms with Crippen LogP contribution in [-0.2, 0) is 19.1 Å². The van der Waals surface area contributed by atoms with Crippen LogP contribution in [0.3, 0.4) is 0 Å². The van der Waals surface area contributed by atoms with Crippen molar-refractivity contribution in [3.8, 4) is 0 Å². The number of nitrogens with zero attached hydrogens (tertiary/aromatic N) is 1. The minimum atomic E-state index is -0.484. The molecule has 0 aromatic rings. The molecule has 0 bridgehead atoms. The highest BCUT2D eigenvalue weighted by Gasteiger charge is 2.14. The second kappa shape index (κ2) is 21.1. The van der Waals surface area contributed by atoms with Gasteiger partial charge in [0.2, 0.25) is 0 Å². The van der Waals surface area contributed by atoms with E-state index in [4.69, 9.17) is 9.47 Å². The fourth-order valence-electron chi connectivity index (χ4n) is 3.89. The third-order valence-corrected chi connectivity index (χ3v) is 6.65. The molecule has 0 amide bonds. The van der Waals surface area contributed by atoms with Crippen molar-refractivity contribution in [1.82, 2.24) is 4.90 Å². The van der Waals surface area contributed by atoms with Gasteiger partial charge in [0.15, 0.2) is 0 Å². The number of rotatable bonds is 22. The van der Waals surface area contributed by atoms with Gasteiger partial charge in [0, 0.05) is 25.9 Å². The molecule has 2 N–H and O–H groups in total. The number of hydrogen-bond acceptors (Lipinski definition) is 7. The Hall–Kier alpha value is -1.18. The van der Waals surface area contributed by atoms with E-state index in [0.29, 0.717) is 76.7 Å². The molecule has 2 atom stereocenters. The van der Waals surface area contributed by atoms with Crippen molar-refractivity contribution in [1.29, 1.82) is 0 Å². The third kappa shape index (κ3) is 18.2. The second-order valence-electron chi connectivity index (χ2n) is 9.75. The van der Waals surface area contributed by atoms with Gasteiger partial charge in [-0.3, -0.25) is 9.59 Å². The Bertz CT molecular complexity index is 463. The van der Waals surface area contributed by atoms with Crippen LogP contribution < -0.4 is 0 Å². The number of carbonyl (C=O) groups excluding carboxylic acids is 2. The highest BCUT2D eigenvalue weighted by molar-refractivity contribution is 5.69. The maximum absolute atomic E-state index is 11.8. The average Bonchev–Trinajstić information content (AvgIpc) is 2.80. The lowest BCUT2D eigenvalue weighted by Gasteiger charge is -2.23. The van der Waals surface area contributed by atoms with E-state index in [1.807, 2.05) is 11.9 Å². The number of carbonyl (C=O) groups is 2. The zero-order chi connectivity index (χ0) is 25.8. The summed E-state index contributed by atoms with van der Waals surface area (Å²) >= 11 is 0. The molecule has 0 spiro atoms. The van der Waals surface area contributed by atoms with Crippen LogP contribution in [0.15, 0.2) is 0 Å². The summed E-state index contributed by atoms with van der Waals surface area (Å²) in [5.41, 5.74) is 0. The van der Waals surface area contributed by atoms with E-state index in [0.717, 1.165) is 38.5 Å². The lowest BCUT2D eigenvalue weighted by molar-refractivity contribution is -0.146. The predicted octanol–water partition coefficient (Wildman–Crippen LogP) is 4.72. The number of unbranched alkanes of at least 4 members (excludes halogenated alkanes) is 2. The smallest absolute Gasteiger partial charge is 0.305 e. The summed E-state index contributed by atoms with van der Waals surface area (Å²) in [6, 6.07) is 0. The summed E-state index contributed by atoms with van der Waals surface area (Å²) in [6.45, 7) is 10.4. The molecule has 0 fully saturated rings. The fraction of sp³-hybridized carbons (Fsp3) is 0.926. The van der Waals surface area contributed by atoms with E-state index >= 15 is 0 Å². The average molecular weight is 488 g/mol. The molecule has 0 aliphatic rings. The SMILES string of the molecule is CCC(CC)COC(=O)CCCCC(O)CN(C)CC(O)CCCCC(=O)OCC(CC)CC. The van der Waals surface area contributed by atoms with Crippen molar-refractivity contribution in [2.24, 2.45) is 11.8 Å². The highest BCUT2D eigenvalue weighted by atomic mass is 16.5. The summed E-state index contributed by atoms with van der Waals surface area (Å²) in [5.74, 6) is 0.580. The number of esters is 2. The number of hydrogen-bond donors (Lipinski definition) is 2. The Morgan fingerprint density at radius 3 is 1.35 bits per heavy atom. The molecule has 0 rings (SSSR count). The van der Waals surface area contributed by atoms with E-state index in [1.165, 1.54) is 0 Å². The predicted molar refractivity (Wildman–Crippen MR) is 137 cm³/mol. The lowest BCUT2D eigenvalue weighted by atomic mass is 10.1. The number of aliphatic hydroxyl groups excluding tert-OH is 2. The molecule has 0 saturated heterocycles. The van der Waals surface area contributed by atoms with Crippen molar-refractivity contribution < 1.29 is 29.3 Å². The van der Waals surface area contributed by atoms with Crippen molar-refractivity contribution >= 4 is 11.9 Å². The molecule has 0 aliphatic heterocycles. The van der Waals surface area contributed by atoms with Gasteiger partial charge in [-0.1, -0.05) is 66.2 Å². The van der Waals surface area contributed by atoms with Gasteiger partial charge >= 0.3 is 11.9 Å². The van der Waals surface area contributed by atoms with Crippen LogP contribution in [0.25, 0.3) is 0 Å². The zero-order valence-electron chi connectivity index (χ0n) is 22.6. The Kier molecular flexibility index (Phi) is 20.4. The molecule has 0 heterocycles. The van der Waals surface area contributed by atoms with Crippen molar-refractivity contribution in [3.05, 3.63) is 0 Å². The van der Waals surface area contributed by atoms with Crippen LogP contribution in [0.1, 0.15) is 105 Å². The standard InChI is InChI=1S/C27H53NO6/c1-6-22(7-2)20-33-26(31)16-12-10-14-24(29)18-28(5)19-25(30)15-11-13-17-27(32)34-21-23(8-3)9-4/h22-25,29-30H,6-21H2,1-5H3. The Labute approximate surface area is 208 Å². The summed E-state index contributed by atoms with van der Waals surface area (Å²) in [5, 5.41) is 20.5. The first-order valence-electron chi connectivity index (χ1n) is 13.6. The van der Waals surface area contributed by atoms with Gasteiger partial charge in [-0.25, -0.2) is 0 Å². The molecule has 0 aromatic carbocycles. The number of likely N-dealkylation sites (N-methyl/N-ethyl adjacent to an activating group) is 1. The molecule has 0 saturated carbocycles. The molecular weight excluding hydrogens is 434 g/mol. The van der Waals surface area contributed by atoms with Crippen LogP contribution in [0, 0.1) is 11.8 Å². The Morgan fingerprint density at radius 1 is 0.676 bits per heavy atom. The Balaban J connectivity index is 3.81. The summed E-state index contributed by atoms with van der Waals surface area (Å²) in [6.07, 6.45) is 8.11. The highest BCUT2D eigenvalue weighted by Crippen LogP contribution is 2.12. The number of ether oxygens (including phenoxy) is 2. The molecule has 7 heteroatoms. The van der Waals surface area contributed by atoms with Crippen molar-refractivity contribution in [2.75, 3.05) is 33.4 Å². The quantitative estimate of drug-likeness (QED) is 0.168. The van der Waals surface area contributed by atoms with E-state index in [9.17, 15) is 19.8 Å². The maximum Gasteiger partial charge on any atom is 0.305 e. The summed E-state index contributed by atoms with van der Waals surface area (Å²) in [7, 11) is 1.89. The van der Waals surface area contributed by atoms with Gasteiger partial charge in [-0.2, -0.15) is 0 Å². The largest absolute Gasteiger partial charge is 0.465 e. The first kappa shape index (κ1) is 32.8. The second-order valence-corrected chi connectivity index (χ2v) is 9.75. The maximum atomic E-state index is 11.8. The molecule has 0 aliphatic carbocycles. The third-order valence-electron chi connectivity index (χ3n) is 6.65. The molecular formula is C27H53NO6. The van der Waals surface area contributed by atoms with E-state index < -0.39 is 12.2 Å². The van der Waals surface area contributed by atoms with Crippen LogP contribution in [0.2, 0.25) is 0 Å². The van der Waals surface area contributed by atoms with Crippen LogP contribution in [0.5, 0.6) is 0 Å². The fourth-order valence-corrected chi connectivity index (χ4v) is 3.89. The van der Waals surface area contributed by atoms with E-state index in [1.54, 1.807) is 0 Å².